The van der Waals surface area contributed by atoms with Crippen LogP contribution in [-0.4, -0.2) is 26.9 Å². The standard InChI is InChI=1S/C12H18N2O3S2/c1-8-11(18-10-2-4-17-5-3-10)6-9(13)7-12(8)19(14,15)16/h6-7,10H,2-5,13H2,1H3,(H2,14,15,16). The fraction of sp³-hybridized carbons (Fsp3) is 0.500. The molecule has 1 aliphatic heterocycles. The second kappa shape index (κ2) is 5.70. The minimum absolute atomic E-state index is 0.113. The molecule has 19 heavy (non-hydrogen) atoms. The Morgan fingerprint density at radius 1 is 1.32 bits per heavy atom. The third-order valence-electron chi connectivity index (χ3n) is 3.10. The van der Waals surface area contributed by atoms with E-state index in [4.69, 9.17) is 15.6 Å². The summed E-state index contributed by atoms with van der Waals surface area (Å²) in [6.45, 7) is 3.27. The first kappa shape index (κ1) is 14.6. The van der Waals surface area contributed by atoms with Crippen LogP contribution in [0.25, 0.3) is 0 Å². The van der Waals surface area contributed by atoms with Gasteiger partial charge in [0.2, 0.25) is 10.0 Å². The number of hydrogen-bond donors (Lipinski definition) is 2. The van der Waals surface area contributed by atoms with E-state index in [0.29, 0.717) is 16.5 Å². The zero-order valence-electron chi connectivity index (χ0n) is 10.8. The van der Waals surface area contributed by atoms with Crippen LogP contribution in [0.1, 0.15) is 18.4 Å². The third-order valence-corrected chi connectivity index (χ3v) is 5.62. The first-order valence-electron chi connectivity index (χ1n) is 6.05. The molecule has 1 aromatic rings. The van der Waals surface area contributed by atoms with Gasteiger partial charge in [0, 0.05) is 29.0 Å². The Bertz CT molecular complexity index is 567. The quantitative estimate of drug-likeness (QED) is 0.825. The van der Waals surface area contributed by atoms with Gasteiger partial charge >= 0.3 is 0 Å². The lowest BCUT2D eigenvalue weighted by Gasteiger charge is -2.22. The summed E-state index contributed by atoms with van der Waals surface area (Å²) in [5.41, 5.74) is 6.87. The normalized spacial score (nSPS) is 17.6. The predicted molar refractivity (Wildman–Crippen MR) is 76.7 cm³/mol. The smallest absolute Gasteiger partial charge is 0.238 e. The summed E-state index contributed by atoms with van der Waals surface area (Å²) in [6, 6.07) is 3.23. The number of rotatable bonds is 3. The van der Waals surface area contributed by atoms with Gasteiger partial charge in [-0.1, -0.05) is 0 Å². The van der Waals surface area contributed by atoms with Crippen LogP contribution >= 0.6 is 11.8 Å². The summed E-state index contributed by atoms with van der Waals surface area (Å²) in [4.78, 5) is 0.998. The lowest BCUT2D eigenvalue weighted by Crippen LogP contribution is -2.18. The second-order valence-electron chi connectivity index (χ2n) is 4.62. The lowest BCUT2D eigenvalue weighted by atomic mass is 10.2. The molecule has 0 saturated carbocycles. The Hall–Kier alpha value is -0.760. The molecule has 0 aromatic heterocycles. The predicted octanol–water partition coefficient (Wildman–Crippen LogP) is 1.50. The van der Waals surface area contributed by atoms with Gasteiger partial charge in [0.25, 0.3) is 0 Å². The fourth-order valence-corrected chi connectivity index (χ4v) is 4.25. The van der Waals surface area contributed by atoms with Gasteiger partial charge in [-0.05, 0) is 37.5 Å². The molecule has 106 valence electrons. The van der Waals surface area contributed by atoms with Crippen LogP contribution in [0.4, 0.5) is 5.69 Å². The molecule has 2 rings (SSSR count). The number of anilines is 1. The highest BCUT2D eigenvalue weighted by atomic mass is 32.2. The van der Waals surface area contributed by atoms with E-state index >= 15 is 0 Å². The number of thioether (sulfide) groups is 1. The Labute approximate surface area is 117 Å². The number of nitrogens with two attached hydrogens (primary N) is 2. The van der Waals surface area contributed by atoms with Crippen LogP contribution in [0.2, 0.25) is 0 Å². The highest BCUT2D eigenvalue weighted by Gasteiger charge is 2.20. The largest absolute Gasteiger partial charge is 0.399 e. The van der Waals surface area contributed by atoms with Crippen LogP contribution in [0, 0.1) is 6.92 Å². The number of benzene rings is 1. The highest BCUT2D eigenvalue weighted by Crippen LogP contribution is 2.35. The lowest BCUT2D eigenvalue weighted by molar-refractivity contribution is 0.1000. The van der Waals surface area contributed by atoms with Gasteiger partial charge in [0.05, 0.1) is 4.90 Å². The molecule has 0 amide bonds. The Kier molecular flexibility index (Phi) is 4.39. The molecular formula is C12H18N2O3S2. The SMILES string of the molecule is Cc1c(SC2CCOCC2)cc(N)cc1S(N)(=O)=O. The van der Waals surface area contributed by atoms with Crippen molar-refractivity contribution < 1.29 is 13.2 Å². The molecule has 5 nitrogen and oxygen atoms in total. The van der Waals surface area contributed by atoms with E-state index in [0.717, 1.165) is 31.0 Å². The topological polar surface area (TPSA) is 95.4 Å². The van der Waals surface area contributed by atoms with Crippen molar-refractivity contribution >= 4 is 27.5 Å². The van der Waals surface area contributed by atoms with E-state index in [1.807, 2.05) is 6.07 Å². The Morgan fingerprint density at radius 2 is 1.95 bits per heavy atom. The maximum atomic E-state index is 11.5. The molecule has 0 unspecified atom stereocenters. The van der Waals surface area contributed by atoms with E-state index in [1.54, 1.807) is 18.7 Å². The van der Waals surface area contributed by atoms with Gasteiger partial charge in [-0.15, -0.1) is 11.8 Å². The minimum Gasteiger partial charge on any atom is -0.399 e. The van der Waals surface area contributed by atoms with Gasteiger partial charge < -0.3 is 10.5 Å². The number of ether oxygens (including phenoxy) is 1. The van der Waals surface area contributed by atoms with Crippen molar-refractivity contribution in [2.24, 2.45) is 5.14 Å². The summed E-state index contributed by atoms with van der Waals surface area (Å²) in [7, 11) is -3.74. The average Bonchev–Trinajstić information content (AvgIpc) is 2.33. The van der Waals surface area contributed by atoms with Crippen molar-refractivity contribution in [1.82, 2.24) is 0 Å². The zero-order chi connectivity index (χ0) is 14.0. The van der Waals surface area contributed by atoms with Crippen LogP contribution in [-0.2, 0) is 14.8 Å². The van der Waals surface area contributed by atoms with Crippen molar-refractivity contribution in [1.29, 1.82) is 0 Å². The number of hydrogen-bond acceptors (Lipinski definition) is 5. The van der Waals surface area contributed by atoms with Gasteiger partial charge in [-0.25, -0.2) is 13.6 Å². The van der Waals surface area contributed by atoms with Crippen LogP contribution in [0.5, 0.6) is 0 Å². The molecule has 0 atom stereocenters. The van der Waals surface area contributed by atoms with E-state index in [-0.39, 0.29) is 4.90 Å². The van der Waals surface area contributed by atoms with Crippen LogP contribution < -0.4 is 10.9 Å². The number of nitrogen functional groups attached to an aromatic ring is 1. The molecule has 1 aliphatic rings. The molecule has 0 bridgehead atoms. The molecule has 1 aromatic carbocycles. The molecular weight excluding hydrogens is 284 g/mol. The van der Waals surface area contributed by atoms with Crippen molar-refractivity contribution in [2.45, 2.75) is 34.8 Å². The van der Waals surface area contributed by atoms with Crippen LogP contribution in [0.15, 0.2) is 21.9 Å². The molecule has 4 N–H and O–H groups in total. The summed E-state index contributed by atoms with van der Waals surface area (Å²) in [5, 5.41) is 5.65. The summed E-state index contributed by atoms with van der Waals surface area (Å²) in [5.74, 6) is 0. The molecule has 7 heteroatoms. The van der Waals surface area contributed by atoms with E-state index in [2.05, 4.69) is 0 Å². The zero-order valence-corrected chi connectivity index (χ0v) is 12.4. The number of primary sulfonamides is 1. The van der Waals surface area contributed by atoms with Crippen molar-refractivity contribution in [2.75, 3.05) is 18.9 Å². The monoisotopic (exact) mass is 302 g/mol. The summed E-state index contributed by atoms with van der Waals surface area (Å²) in [6.07, 6.45) is 1.92. The minimum atomic E-state index is -3.74. The molecule has 0 spiro atoms. The van der Waals surface area contributed by atoms with E-state index < -0.39 is 10.0 Å². The van der Waals surface area contributed by atoms with Gasteiger partial charge in [0.15, 0.2) is 0 Å². The van der Waals surface area contributed by atoms with Gasteiger partial charge in [-0.2, -0.15) is 0 Å². The fourth-order valence-electron chi connectivity index (χ4n) is 2.07. The van der Waals surface area contributed by atoms with Gasteiger partial charge in [-0.3, -0.25) is 0 Å². The maximum absolute atomic E-state index is 11.5. The number of sulfonamides is 1. The summed E-state index contributed by atoms with van der Waals surface area (Å²) >= 11 is 1.66. The highest BCUT2D eigenvalue weighted by molar-refractivity contribution is 8.00. The van der Waals surface area contributed by atoms with Crippen LogP contribution in [0.3, 0.4) is 0 Å². The Balaban J connectivity index is 2.32. The van der Waals surface area contributed by atoms with Crippen molar-refractivity contribution in [3.05, 3.63) is 17.7 Å². The van der Waals surface area contributed by atoms with E-state index in [1.165, 1.54) is 6.07 Å². The molecule has 1 heterocycles. The molecule has 1 fully saturated rings. The maximum Gasteiger partial charge on any atom is 0.238 e. The van der Waals surface area contributed by atoms with Crippen molar-refractivity contribution in [3.8, 4) is 0 Å². The van der Waals surface area contributed by atoms with E-state index in [9.17, 15) is 8.42 Å². The second-order valence-corrected chi connectivity index (χ2v) is 7.49. The Morgan fingerprint density at radius 3 is 2.53 bits per heavy atom. The molecule has 0 radical (unpaired) electrons. The first-order chi connectivity index (χ1) is 8.88. The molecule has 1 saturated heterocycles. The average molecular weight is 302 g/mol. The summed E-state index contributed by atoms with van der Waals surface area (Å²) < 4.78 is 28.4. The van der Waals surface area contributed by atoms with Crippen molar-refractivity contribution in [3.63, 3.8) is 0 Å². The third kappa shape index (κ3) is 3.62. The molecule has 0 aliphatic carbocycles. The first-order valence-corrected chi connectivity index (χ1v) is 8.48. The van der Waals surface area contributed by atoms with Gasteiger partial charge in [0.1, 0.15) is 0 Å².